The van der Waals surface area contributed by atoms with Gasteiger partial charge in [0.25, 0.3) is 5.92 Å². The molecule has 0 N–H and O–H groups in total. The predicted molar refractivity (Wildman–Crippen MR) is 74.1 cm³/mol. The summed E-state index contributed by atoms with van der Waals surface area (Å²) in [5.74, 6) is -4.12. The lowest BCUT2D eigenvalue weighted by atomic mass is 9.79. The van der Waals surface area contributed by atoms with Gasteiger partial charge in [-0.2, -0.15) is 0 Å². The maximum Gasteiger partial charge on any atom is 0.260 e. The molecule has 1 aromatic rings. The van der Waals surface area contributed by atoms with E-state index in [0.717, 1.165) is 26.1 Å². The Morgan fingerprint density at radius 2 is 2.19 bits per heavy atom. The minimum absolute atomic E-state index is 0.143. The Bertz CT molecular complexity index is 557. The van der Waals surface area contributed by atoms with Gasteiger partial charge in [-0.25, -0.2) is 8.78 Å². The van der Waals surface area contributed by atoms with Gasteiger partial charge in [0.1, 0.15) is 5.92 Å². The van der Waals surface area contributed by atoms with Crippen LogP contribution in [0.5, 0.6) is 0 Å². The standard InChI is InChI=1S/C14H17F2N3OS/c15-14(16)3-11(14)12(20)19-7-13(8-19)1-2-18(6-13)5-10-4-17-9-21-10/h4,9,11H,1-3,5-8H2. The van der Waals surface area contributed by atoms with Gasteiger partial charge >= 0.3 is 0 Å². The number of aromatic nitrogens is 1. The minimum atomic E-state index is -2.74. The topological polar surface area (TPSA) is 36.4 Å². The molecule has 7 heteroatoms. The summed E-state index contributed by atoms with van der Waals surface area (Å²) in [6, 6.07) is 0. The summed E-state index contributed by atoms with van der Waals surface area (Å²) >= 11 is 1.65. The molecular weight excluding hydrogens is 296 g/mol. The monoisotopic (exact) mass is 313 g/mol. The summed E-state index contributed by atoms with van der Waals surface area (Å²) < 4.78 is 25.9. The summed E-state index contributed by atoms with van der Waals surface area (Å²) in [7, 11) is 0. The van der Waals surface area contributed by atoms with E-state index in [-0.39, 0.29) is 17.7 Å². The molecule has 2 aliphatic heterocycles. The van der Waals surface area contributed by atoms with Crippen LogP contribution in [0.4, 0.5) is 8.78 Å². The normalized spacial score (nSPS) is 29.6. The van der Waals surface area contributed by atoms with Crippen LogP contribution in [0.15, 0.2) is 11.7 Å². The van der Waals surface area contributed by atoms with Crippen LogP contribution < -0.4 is 0 Å². The number of carbonyl (C=O) groups excluding carboxylic acids is 1. The third kappa shape index (κ3) is 2.36. The molecule has 4 rings (SSSR count). The first-order valence-electron chi connectivity index (χ1n) is 7.24. The summed E-state index contributed by atoms with van der Waals surface area (Å²) in [6.45, 7) is 4.17. The van der Waals surface area contributed by atoms with Crippen LogP contribution in [0.2, 0.25) is 0 Å². The molecule has 0 aromatic carbocycles. The molecular formula is C14H17F2N3OS. The molecule has 0 bridgehead atoms. The van der Waals surface area contributed by atoms with E-state index in [1.165, 1.54) is 4.88 Å². The zero-order valence-electron chi connectivity index (χ0n) is 11.6. The number of amides is 1. The quantitative estimate of drug-likeness (QED) is 0.854. The molecule has 114 valence electrons. The van der Waals surface area contributed by atoms with Crippen LogP contribution in [0, 0.1) is 11.3 Å². The number of thiazole rings is 1. The summed E-state index contributed by atoms with van der Waals surface area (Å²) in [6.07, 6.45) is 2.69. The number of hydrogen-bond acceptors (Lipinski definition) is 4. The highest BCUT2D eigenvalue weighted by molar-refractivity contribution is 7.09. The highest BCUT2D eigenvalue weighted by Crippen LogP contribution is 2.51. The first-order chi connectivity index (χ1) is 9.97. The van der Waals surface area contributed by atoms with Crippen LogP contribution in [-0.2, 0) is 11.3 Å². The Kier molecular flexibility index (Phi) is 2.88. The molecule has 0 radical (unpaired) electrons. The average Bonchev–Trinajstić information content (AvgIpc) is 2.84. The maximum absolute atomic E-state index is 12.9. The van der Waals surface area contributed by atoms with Gasteiger partial charge in [0.05, 0.1) is 5.51 Å². The van der Waals surface area contributed by atoms with E-state index in [4.69, 9.17) is 0 Å². The molecule has 21 heavy (non-hydrogen) atoms. The second-order valence-electron chi connectivity index (χ2n) is 6.64. The van der Waals surface area contributed by atoms with Crippen molar-refractivity contribution in [3.63, 3.8) is 0 Å². The summed E-state index contributed by atoms with van der Waals surface area (Å²) in [4.78, 5) is 21.2. The number of halogens is 2. The first-order valence-corrected chi connectivity index (χ1v) is 8.12. The van der Waals surface area contributed by atoms with Crippen molar-refractivity contribution in [2.24, 2.45) is 11.3 Å². The number of nitrogens with zero attached hydrogens (tertiary/aromatic N) is 3. The van der Waals surface area contributed by atoms with E-state index < -0.39 is 11.8 Å². The number of likely N-dealkylation sites (tertiary alicyclic amines) is 2. The molecule has 3 aliphatic rings. The van der Waals surface area contributed by atoms with Crippen molar-refractivity contribution in [3.8, 4) is 0 Å². The SMILES string of the molecule is O=C(C1CC1(F)F)N1CC2(CCN(Cc3cncs3)C2)C1. The predicted octanol–water partition coefficient (Wildman–Crippen LogP) is 1.83. The zero-order valence-corrected chi connectivity index (χ0v) is 12.4. The van der Waals surface area contributed by atoms with Gasteiger partial charge in [0.2, 0.25) is 5.91 Å². The number of rotatable bonds is 3. The van der Waals surface area contributed by atoms with Crippen molar-refractivity contribution < 1.29 is 13.6 Å². The Morgan fingerprint density at radius 3 is 2.81 bits per heavy atom. The lowest BCUT2D eigenvalue weighted by Crippen LogP contribution is -2.60. The second-order valence-corrected chi connectivity index (χ2v) is 7.61. The van der Waals surface area contributed by atoms with Crippen molar-refractivity contribution >= 4 is 17.2 Å². The third-order valence-electron chi connectivity index (χ3n) is 4.87. The fourth-order valence-electron chi connectivity index (χ4n) is 3.58. The fourth-order valence-corrected chi connectivity index (χ4v) is 4.22. The number of alkyl halides is 2. The second kappa shape index (κ2) is 4.46. The molecule has 4 nitrogen and oxygen atoms in total. The van der Waals surface area contributed by atoms with Crippen LogP contribution in [0.3, 0.4) is 0 Å². The Balaban J connectivity index is 1.30. The molecule has 3 heterocycles. The van der Waals surface area contributed by atoms with Gasteiger partial charge in [-0.15, -0.1) is 11.3 Å². The molecule has 1 aromatic heterocycles. The molecule has 1 aliphatic carbocycles. The van der Waals surface area contributed by atoms with E-state index >= 15 is 0 Å². The molecule has 1 atom stereocenters. The van der Waals surface area contributed by atoms with E-state index in [0.29, 0.717) is 13.1 Å². The average molecular weight is 313 g/mol. The fraction of sp³-hybridized carbons (Fsp3) is 0.714. The van der Waals surface area contributed by atoms with Gasteiger partial charge in [-0.05, 0) is 13.0 Å². The Morgan fingerprint density at radius 1 is 1.43 bits per heavy atom. The molecule has 3 fully saturated rings. The maximum atomic E-state index is 12.9. The van der Waals surface area contributed by atoms with Crippen molar-refractivity contribution in [3.05, 3.63) is 16.6 Å². The molecule has 1 unspecified atom stereocenters. The van der Waals surface area contributed by atoms with E-state index in [1.807, 2.05) is 11.7 Å². The molecule has 1 saturated carbocycles. The lowest BCUT2D eigenvalue weighted by Gasteiger charge is -2.48. The highest BCUT2D eigenvalue weighted by Gasteiger charge is 2.64. The molecule has 1 spiro atoms. The van der Waals surface area contributed by atoms with Crippen molar-refractivity contribution in [2.75, 3.05) is 26.2 Å². The third-order valence-corrected chi connectivity index (χ3v) is 5.63. The van der Waals surface area contributed by atoms with Crippen molar-refractivity contribution in [1.29, 1.82) is 0 Å². The van der Waals surface area contributed by atoms with Crippen LogP contribution >= 0.6 is 11.3 Å². The first kappa shape index (κ1) is 13.6. The lowest BCUT2D eigenvalue weighted by molar-refractivity contribution is -0.146. The Hall–Kier alpha value is -1.08. The Labute approximate surface area is 125 Å². The van der Waals surface area contributed by atoms with Gasteiger partial charge in [0, 0.05) is 49.1 Å². The van der Waals surface area contributed by atoms with Gasteiger partial charge < -0.3 is 4.90 Å². The van der Waals surface area contributed by atoms with Crippen molar-refractivity contribution in [1.82, 2.24) is 14.8 Å². The van der Waals surface area contributed by atoms with Gasteiger partial charge in [-0.1, -0.05) is 0 Å². The van der Waals surface area contributed by atoms with Crippen LogP contribution in [0.25, 0.3) is 0 Å². The van der Waals surface area contributed by atoms with E-state index in [2.05, 4.69) is 9.88 Å². The smallest absolute Gasteiger partial charge is 0.260 e. The van der Waals surface area contributed by atoms with E-state index in [9.17, 15) is 13.6 Å². The zero-order chi connectivity index (χ0) is 14.7. The number of carbonyl (C=O) groups is 1. The minimum Gasteiger partial charge on any atom is -0.341 e. The summed E-state index contributed by atoms with van der Waals surface area (Å²) in [5, 5.41) is 0. The van der Waals surface area contributed by atoms with Gasteiger partial charge in [-0.3, -0.25) is 14.7 Å². The van der Waals surface area contributed by atoms with Crippen LogP contribution in [-0.4, -0.2) is 52.8 Å². The number of hydrogen-bond donors (Lipinski definition) is 0. The molecule has 2 saturated heterocycles. The van der Waals surface area contributed by atoms with E-state index in [1.54, 1.807) is 16.2 Å². The van der Waals surface area contributed by atoms with Crippen molar-refractivity contribution in [2.45, 2.75) is 25.3 Å². The molecule has 1 amide bonds. The van der Waals surface area contributed by atoms with Gasteiger partial charge in [0.15, 0.2) is 0 Å². The van der Waals surface area contributed by atoms with Crippen LogP contribution in [0.1, 0.15) is 17.7 Å². The largest absolute Gasteiger partial charge is 0.341 e. The summed E-state index contributed by atoms with van der Waals surface area (Å²) in [5.41, 5.74) is 1.98. The highest BCUT2D eigenvalue weighted by atomic mass is 32.1.